The third-order valence-electron chi connectivity index (χ3n) is 3.09. The lowest BCUT2D eigenvalue weighted by Gasteiger charge is -2.16. The number of benzene rings is 1. The van der Waals surface area contributed by atoms with E-state index in [9.17, 15) is 14.7 Å². The average Bonchev–Trinajstić information content (AvgIpc) is 2.47. The lowest BCUT2D eigenvalue weighted by atomic mass is 9.94. The maximum absolute atomic E-state index is 12.2. The van der Waals surface area contributed by atoms with Gasteiger partial charge in [-0.1, -0.05) is 0 Å². The summed E-state index contributed by atoms with van der Waals surface area (Å²) in [5.74, 6) is 0.395. The number of carbonyl (C=O) groups is 2. The molecule has 1 amide bonds. The zero-order valence-corrected chi connectivity index (χ0v) is 10.7. The van der Waals surface area contributed by atoms with Gasteiger partial charge >= 0.3 is 0 Å². The van der Waals surface area contributed by atoms with Crippen LogP contribution in [0, 0.1) is 13.8 Å². The number of nitrogens with one attached hydrogen (secondary N) is 1. The number of Topliss-reactive ketones (excluding diaryl/α,β-unsaturated/α-hetero) is 1. The van der Waals surface area contributed by atoms with Crippen molar-refractivity contribution in [2.75, 3.05) is 5.32 Å². The number of carboxylic acid groups (broad SMARTS) is 1. The van der Waals surface area contributed by atoms with E-state index in [1.807, 2.05) is 0 Å². The largest absolute Gasteiger partial charge is 0.530 e. The fourth-order valence-electron chi connectivity index (χ4n) is 2.14. The molecule has 5 nitrogen and oxygen atoms in total. The molecule has 1 N–H and O–H groups in total. The minimum absolute atomic E-state index is 0.139. The Morgan fingerprint density at radius 3 is 2.56 bits per heavy atom. The number of fused-ring (bicyclic) bond motifs is 1. The summed E-state index contributed by atoms with van der Waals surface area (Å²) in [5.41, 5.74) is 1.19. The first-order chi connectivity index (χ1) is 8.24. The number of hydrogen-bond acceptors (Lipinski definition) is 4. The van der Waals surface area contributed by atoms with Crippen molar-refractivity contribution in [1.29, 1.82) is 0 Å². The van der Waals surface area contributed by atoms with Gasteiger partial charge in [-0.25, -0.2) is 0 Å². The molecule has 1 aliphatic heterocycles. The van der Waals surface area contributed by atoms with E-state index in [0.29, 0.717) is 22.6 Å². The van der Waals surface area contributed by atoms with Crippen LogP contribution in [0.1, 0.15) is 35.3 Å². The summed E-state index contributed by atoms with van der Waals surface area (Å²) in [4.78, 5) is 22.8. The predicted octanol–water partition coefficient (Wildman–Crippen LogP) is 1.41. The molecule has 1 aromatic carbocycles. The van der Waals surface area contributed by atoms with Gasteiger partial charge < -0.3 is 20.0 Å². The maximum Gasteiger partial charge on any atom is 0.209 e. The van der Waals surface area contributed by atoms with Crippen LogP contribution in [0.5, 0.6) is 5.75 Å². The molecule has 1 aliphatic rings. The molecule has 1 heterocycles. The second kappa shape index (κ2) is 3.73. The normalized spacial score (nSPS) is 16.1. The first kappa shape index (κ1) is 12.4. The van der Waals surface area contributed by atoms with Crippen LogP contribution in [0.4, 0.5) is 10.5 Å². The lowest BCUT2D eigenvalue weighted by molar-refractivity contribution is -0.242. The van der Waals surface area contributed by atoms with Crippen molar-refractivity contribution in [1.82, 2.24) is 0 Å². The first-order valence-electron chi connectivity index (χ1n) is 5.60. The minimum Gasteiger partial charge on any atom is -0.530 e. The molecule has 2 rings (SSSR count). The van der Waals surface area contributed by atoms with E-state index in [0.717, 1.165) is 5.56 Å². The number of carbonyl (C=O) groups excluding carboxylic acids is 2. The lowest BCUT2D eigenvalue weighted by Crippen LogP contribution is -2.32. The standard InChI is InChI=1S/C13H15NO4/c1-6-5-8(14-12(16)17)7(2)9-10(6)18-13(3,4)11(9)15/h5,14H,1-4H3,(H,16,17)/p-1. The quantitative estimate of drug-likeness (QED) is 0.815. The topological polar surface area (TPSA) is 78.5 Å². The van der Waals surface area contributed by atoms with Gasteiger partial charge in [-0.05, 0) is 44.9 Å². The molecule has 5 heteroatoms. The second-order valence-electron chi connectivity index (χ2n) is 4.92. The van der Waals surface area contributed by atoms with Crippen LogP contribution in [0.15, 0.2) is 6.07 Å². The van der Waals surface area contributed by atoms with Crippen LogP contribution in [0.25, 0.3) is 0 Å². The van der Waals surface area contributed by atoms with Gasteiger partial charge in [-0.15, -0.1) is 0 Å². The smallest absolute Gasteiger partial charge is 0.209 e. The zero-order chi connectivity index (χ0) is 13.7. The molecule has 0 unspecified atom stereocenters. The number of ether oxygens (including phenoxy) is 1. The van der Waals surface area contributed by atoms with E-state index in [1.54, 1.807) is 33.8 Å². The van der Waals surface area contributed by atoms with Crippen molar-refractivity contribution in [3.8, 4) is 5.75 Å². The van der Waals surface area contributed by atoms with E-state index >= 15 is 0 Å². The van der Waals surface area contributed by atoms with E-state index in [1.165, 1.54) is 0 Å². The number of anilines is 1. The fourth-order valence-corrected chi connectivity index (χ4v) is 2.14. The average molecular weight is 248 g/mol. The second-order valence-corrected chi connectivity index (χ2v) is 4.92. The summed E-state index contributed by atoms with van der Waals surface area (Å²) in [6, 6.07) is 1.64. The molecule has 0 spiro atoms. The van der Waals surface area contributed by atoms with Crippen molar-refractivity contribution in [2.24, 2.45) is 0 Å². The Labute approximate surface area is 105 Å². The Hall–Kier alpha value is -2.04. The van der Waals surface area contributed by atoms with Crippen LogP contribution in [-0.4, -0.2) is 17.5 Å². The van der Waals surface area contributed by atoms with Gasteiger partial charge in [0.1, 0.15) is 11.8 Å². The number of aryl methyl sites for hydroxylation is 1. The highest BCUT2D eigenvalue weighted by molar-refractivity contribution is 6.10. The Bertz CT molecular complexity index is 561. The molecule has 0 bridgehead atoms. The van der Waals surface area contributed by atoms with Crippen molar-refractivity contribution >= 4 is 17.6 Å². The molecular formula is C13H14NO4-. The highest BCUT2D eigenvalue weighted by Gasteiger charge is 2.42. The molecule has 0 aromatic heterocycles. The van der Waals surface area contributed by atoms with E-state index in [4.69, 9.17) is 4.74 Å². The summed E-state index contributed by atoms with van der Waals surface area (Å²) < 4.78 is 5.64. The van der Waals surface area contributed by atoms with Crippen LogP contribution in [0.2, 0.25) is 0 Å². The van der Waals surface area contributed by atoms with Crippen molar-refractivity contribution in [3.63, 3.8) is 0 Å². The Balaban J connectivity index is 2.63. The molecular weight excluding hydrogens is 234 g/mol. The molecule has 0 radical (unpaired) electrons. The Kier molecular flexibility index (Phi) is 2.57. The van der Waals surface area contributed by atoms with E-state index in [-0.39, 0.29) is 5.78 Å². The molecule has 0 saturated carbocycles. The monoisotopic (exact) mass is 248 g/mol. The van der Waals surface area contributed by atoms with E-state index in [2.05, 4.69) is 5.32 Å². The number of amides is 1. The highest BCUT2D eigenvalue weighted by Crippen LogP contribution is 2.41. The Morgan fingerprint density at radius 1 is 1.39 bits per heavy atom. The summed E-state index contributed by atoms with van der Waals surface area (Å²) >= 11 is 0. The van der Waals surface area contributed by atoms with Crippen molar-refractivity contribution in [3.05, 3.63) is 22.8 Å². The van der Waals surface area contributed by atoms with Gasteiger partial charge in [0, 0.05) is 5.69 Å². The van der Waals surface area contributed by atoms with E-state index < -0.39 is 11.7 Å². The third kappa shape index (κ3) is 1.72. The van der Waals surface area contributed by atoms with Crippen LogP contribution in [-0.2, 0) is 0 Å². The van der Waals surface area contributed by atoms with Crippen LogP contribution >= 0.6 is 0 Å². The Morgan fingerprint density at radius 2 is 2.00 bits per heavy atom. The van der Waals surface area contributed by atoms with Gasteiger partial charge in [-0.2, -0.15) is 0 Å². The highest BCUT2D eigenvalue weighted by atomic mass is 16.5. The predicted molar refractivity (Wildman–Crippen MR) is 64.0 cm³/mol. The third-order valence-corrected chi connectivity index (χ3v) is 3.09. The van der Waals surface area contributed by atoms with Crippen LogP contribution < -0.4 is 15.2 Å². The summed E-state index contributed by atoms with van der Waals surface area (Å²) in [5, 5.41) is 12.8. The molecule has 0 atom stereocenters. The molecule has 96 valence electrons. The fraction of sp³-hybridized carbons (Fsp3) is 0.385. The minimum atomic E-state index is -1.40. The van der Waals surface area contributed by atoms with Gasteiger partial charge in [0.15, 0.2) is 5.60 Å². The summed E-state index contributed by atoms with van der Waals surface area (Å²) in [6.45, 7) is 6.85. The number of rotatable bonds is 1. The zero-order valence-electron chi connectivity index (χ0n) is 10.7. The summed E-state index contributed by atoms with van der Waals surface area (Å²) in [7, 11) is 0. The molecule has 0 aliphatic carbocycles. The summed E-state index contributed by atoms with van der Waals surface area (Å²) in [6.07, 6.45) is -1.40. The van der Waals surface area contributed by atoms with Crippen LogP contribution in [0.3, 0.4) is 0 Å². The van der Waals surface area contributed by atoms with Gasteiger partial charge in [-0.3, -0.25) is 4.79 Å². The molecule has 1 aromatic rings. The first-order valence-corrected chi connectivity index (χ1v) is 5.60. The maximum atomic E-state index is 12.2. The van der Waals surface area contributed by atoms with Gasteiger partial charge in [0.25, 0.3) is 0 Å². The van der Waals surface area contributed by atoms with Crippen molar-refractivity contribution < 1.29 is 19.4 Å². The molecule has 0 fully saturated rings. The molecule has 0 saturated heterocycles. The number of hydrogen-bond donors (Lipinski definition) is 1. The number of ketones is 1. The SMILES string of the molecule is Cc1cc(NC(=O)[O-])c(C)c2c1OC(C)(C)C2=O. The van der Waals surface area contributed by atoms with Gasteiger partial charge in [0.05, 0.1) is 5.56 Å². The van der Waals surface area contributed by atoms with Gasteiger partial charge in [0.2, 0.25) is 5.78 Å². The van der Waals surface area contributed by atoms with Crippen molar-refractivity contribution in [2.45, 2.75) is 33.3 Å². The molecule has 18 heavy (non-hydrogen) atoms.